The van der Waals surface area contributed by atoms with Crippen molar-refractivity contribution in [3.05, 3.63) is 0 Å². The quantitative estimate of drug-likeness (QED) is 0.744. The van der Waals surface area contributed by atoms with Gasteiger partial charge in [-0.1, -0.05) is 0 Å². The Bertz CT molecular complexity index is 307. The number of carbonyl (C=O) groups excluding carboxylic acids is 1. The van der Waals surface area contributed by atoms with Crippen molar-refractivity contribution in [1.82, 2.24) is 10.2 Å². The second-order valence-corrected chi connectivity index (χ2v) is 6.73. The first-order valence-electron chi connectivity index (χ1n) is 7.56. The molecule has 0 unspecified atom stereocenters. The molecule has 0 aromatic carbocycles. The van der Waals surface area contributed by atoms with Gasteiger partial charge in [-0.2, -0.15) is 0 Å². The predicted molar refractivity (Wildman–Crippen MR) is 76.0 cm³/mol. The number of hydrogen-bond acceptors (Lipinski definition) is 4. The van der Waals surface area contributed by atoms with Gasteiger partial charge in [0.25, 0.3) is 0 Å². The lowest BCUT2D eigenvalue weighted by atomic mass is 9.91. The monoisotopic (exact) mass is 268 g/mol. The van der Waals surface area contributed by atoms with E-state index in [2.05, 4.69) is 10.2 Å². The molecule has 0 spiro atoms. The molecule has 0 atom stereocenters. The second kappa shape index (κ2) is 6.23. The molecule has 1 saturated carbocycles. The Morgan fingerprint density at radius 2 is 1.89 bits per heavy atom. The maximum Gasteiger partial charge on any atom is 0.312 e. The van der Waals surface area contributed by atoms with Gasteiger partial charge in [0.15, 0.2) is 0 Å². The van der Waals surface area contributed by atoms with E-state index in [0.29, 0.717) is 6.04 Å². The molecular formula is C15H28N2O2. The SMILES string of the molecule is COC(=O)C(C)(C)CN(CC1CCNCC1)C1CC1. The Kier molecular flexibility index (Phi) is 4.85. The molecule has 2 aliphatic rings. The van der Waals surface area contributed by atoms with Gasteiger partial charge in [0, 0.05) is 19.1 Å². The van der Waals surface area contributed by atoms with Crippen molar-refractivity contribution in [2.45, 2.75) is 45.6 Å². The molecule has 2 rings (SSSR count). The van der Waals surface area contributed by atoms with Gasteiger partial charge in [0.1, 0.15) is 0 Å². The van der Waals surface area contributed by atoms with E-state index >= 15 is 0 Å². The molecule has 19 heavy (non-hydrogen) atoms. The minimum Gasteiger partial charge on any atom is -0.469 e. The lowest BCUT2D eigenvalue weighted by Gasteiger charge is -2.34. The average molecular weight is 268 g/mol. The Hall–Kier alpha value is -0.610. The summed E-state index contributed by atoms with van der Waals surface area (Å²) >= 11 is 0. The largest absolute Gasteiger partial charge is 0.469 e. The number of hydrogen-bond donors (Lipinski definition) is 1. The molecule has 1 heterocycles. The fourth-order valence-electron chi connectivity index (χ4n) is 3.03. The third-order valence-electron chi connectivity index (χ3n) is 4.35. The van der Waals surface area contributed by atoms with Crippen molar-refractivity contribution in [2.75, 3.05) is 33.3 Å². The van der Waals surface area contributed by atoms with Crippen LogP contribution in [0.5, 0.6) is 0 Å². The lowest BCUT2D eigenvalue weighted by Crippen LogP contribution is -2.44. The van der Waals surface area contributed by atoms with Gasteiger partial charge in [-0.25, -0.2) is 0 Å². The van der Waals surface area contributed by atoms with Crippen LogP contribution in [0.1, 0.15) is 39.5 Å². The van der Waals surface area contributed by atoms with Crippen LogP contribution >= 0.6 is 0 Å². The highest BCUT2D eigenvalue weighted by Crippen LogP contribution is 2.32. The van der Waals surface area contributed by atoms with Gasteiger partial charge in [0.2, 0.25) is 0 Å². The Morgan fingerprint density at radius 1 is 1.26 bits per heavy atom. The highest BCUT2D eigenvalue weighted by Gasteiger charge is 2.38. The summed E-state index contributed by atoms with van der Waals surface area (Å²) in [6.45, 7) is 8.25. The molecule has 0 radical (unpaired) electrons. The zero-order valence-electron chi connectivity index (χ0n) is 12.6. The molecule has 110 valence electrons. The number of carbonyl (C=O) groups is 1. The summed E-state index contributed by atoms with van der Waals surface area (Å²) in [6, 6.07) is 0.707. The summed E-state index contributed by atoms with van der Waals surface area (Å²) in [5.74, 6) is 0.693. The first-order chi connectivity index (χ1) is 9.03. The summed E-state index contributed by atoms with van der Waals surface area (Å²) < 4.78 is 4.93. The first-order valence-corrected chi connectivity index (χ1v) is 7.56. The summed E-state index contributed by atoms with van der Waals surface area (Å²) in [6.07, 6.45) is 5.12. The van der Waals surface area contributed by atoms with E-state index < -0.39 is 5.41 Å². The van der Waals surface area contributed by atoms with Crippen LogP contribution in [0.25, 0.3) is 0 Å². The molecule has 1 aliphatic heterocycles. The van der Waals surface area contributed by atoms with Gasteiger partial charge in [0.05, 0.1) is 12.5 Å². The van der Waals surface area contributed by atoms with E-state index in [9.17, 15) is 4.79 Å². The fourth-order valence-corrected chi connectivity index (χ4v) is 3.03. The highest BCUT2D eigenvalue weighted by molar-refractivity contribution is 5.76. The van der Waals surface area contributed by atoms with Crippen LogP contribution in [-0.2, 0) is 9.53 Å². The van der Waals surface area contributed by atoms with Crippen molar-refractivity contribution in [3.8, 4) is 0 Å². The fraction of sp³-hybridized carbons (Fsp3) is 0.933. The molecule has 1 N–H and O–H groups in total. The minimum absolute atomic E-state index is 0.0940. The third kappa shape index (κ3) is 4.18. The summed E-state index contributed by atoms with van der Waals surface area (Å²) in [7, 11) is 1.48. The van der Waals surface area contributed by atoms with Gasteiger partial charge in [-0.05, 0) is 58.5 Å². The maximum absolute atomic E-state index is 11.8. The van der Waals surface area contributed by atoms with Crippen LogP contribution in [0.15, 0.2) is 0 Å². The van der Waals surface area contributed by atoms with Gasteiger partial charge in [-0.3, -0.25) is 9.69 Å². The van der Waals surface area contributed by atoms with Crippen LogP contribution in [0.2, 0.25) is 0 Å². The van der Waals surface area contributed by atoms with Crippen LogP contribution in [0.4, 0.5) is 0 Å². The van der Waals surface area contributed by atoms with Crippen LogP contribution in [0, 0.1) is 11.3 Å². The number of rotatable bonds is 6. The number of nitrogens with one attached hydrogen (secondary N) is 1. The minimum atomic E-state index is -0.399. The average Bonchev–Trinajstić information content (AvgIpc) is 3.22. The van der Waals surface area contributed by atoms with Crippen LogP contribution in [-0.4, -0.2) is 50.2 Å². The van der Waals surface area contributed by atoms with Gasteiger partial charge < -0.3 is 10.1 Å². The molecule has 0 aromatic heterocycles. The number of esters is 1. The Morgan fingerprint density at radius 3 is 2.42 bits per heavy atom. The number of methoxy groups -OCH3 is 1. The molecule has 4 heteroatoms. The standard InChI is InChI=1S/C15H28N2O2/c1-15(2,14(18)19-3)11-17(13-4-5-13)10-12-6-8-16-9-7-12/h12-13,16H,4-11H2,1-3H3. The van der Waals surface area contributed by atoms with Gasteiger partial charge in [-0.15, -0.1) is 0 Å². The number of nitrogens with zero attached hydrogens (tertiary/aromatic N) is 1. The van der Waals surface area contributed by atoms with E-state index in [1.165, 1.54) is 32.8 Å². The normalized spacial score (nSPS) is 21.7. The van der Waals surface area contributed by atoms with E-state index in [4.69, 9.17) is 4.74 Å². The molecule has 4 nitrogen and oxygen atoms in total. The van der Waals surface area contributed by atoms with Crippen molar-refractivity contribution in [3.63, 3.8) is 0 Å². The van der Waals surface area contributed by atoms with E-state index in [1.54, 1.807) is 0 Å². The summed E-state index contributed by atoms with van der Waals surface area (Å²) in [5, 5.41) is 3.42. The van der Waals surface area contributed by atoms with Crippen LogP contribution < -0.4 is 5.32 Å². The highest BCUT2D eigenvalue weighted by atomic mass is 16.5. The molecule has 1 saturated heterocycles. The Balaban J connectivity index is 1.90. The molecule has 0 amide bonds. The predicted octanol–water partition coefficient (Wildman–Crippen LogP) is 1.65. The van der Waals surface area contributed by atoms with Crippen molar-refractivity contribution in [1.29, 1.82) is 0 Å². The second-order valence-electron chi connectivity index (χ2n) is 6.73. The Labute approximate surface area is 116 Å². The molecular weight excluding hydrogens is 240 g/mol. The number of piperidine rings is 1. The lowest BCUT2D eigenvalue weighted by molar-refractivity contribution is -0.152. The van der Waals surface area contributed by atoms with E-state index in [1.807, 2.05) is 13.8 Å². The molecule has 0 bridgehead atoms. The maximum atomic E-state index is 11.8. The smallest absolute Gasteiger partial charge is 0.312 e. The van der Waals surface area contributed by atoms with Crippen molar-refractivity contribution in [2.24, 2.45) is 11.3 Å². The van der Waals surface area contributed by atoms with Crippen molar-refractivity contribution < 1.29 is 9.53 Å². The zero-order chi connectivity index (χ0) is 13.9. The molecule has 1 aliphatic carbocycles. The summed E-state index contributed by atoms with van der Waals surface area (Å²) in [5.41, 5.74) is -0.399. The summed E-state index contributed by atoms with van der Waals surface area (Å²) in [4.78, 5) is 14.4. The van der Waals surface area contributed by atoms with E-state index in [0.717, 1.165) is 32.1 Å². The number of ether oxygens (including phenoxy) is 1. The molecule has 0 aromatic rings. The molecule has 2 fully saturated rings. The van der Waals surface area contributed by atoms with Gasteiger partial charge >= 0.3 is 5.97 Å². The third-order valence-corrected chi connectivity index (χ3v) is 4.35. The van der Waals surface area contributed by atoms with E-state index in [-0.39, 0.29) is 5.97 Å². The zero-order valence-corrected chi connectivity index (χ0v) is 12.6. The van der Waals surface area contributed by atoms with Crippen molar-refractivity contribution >= 4 is 5.97 Å². The topological polar surface area (TPSA) is 41.6 Å². The van der Waals surface area contributed by atoms with Crippen LogP contribution in [0.3, 0.4) is 0 Å². The first kappa shape index (κ1) is 14.8.